The molecule has 0 aliphatic rings. The number of rotatable bonds is 7. The molecule has 0 saturated carbocycles. The molecule has 2 heterocycles. The number of halogens is 1. The van der Waals surface area contributed by atoms with Crippen molar-refractivity contribution in [2.24, 2.45) is 5.10 Å². The summed E-state index contributed by atoms with van der Waals surface area (Å²) in [5.41, 5.74) is 5.12. The van der Waals surface area contributed by atoms with Gasteiger partial charge in [0.05, 0.1) is 16.8 Å². The van der Waals surface area contributed by atoms with E-state index in [4.69, 9.17) is 11.6 Å². The predicted molar refractivity (Wildman–Crippen MR) is 115 cm³/mol. The zero-order chi connectivity index (χ0) is 19.9. The molecule has 0 aliphatic heterocycles. The molecule has 28 heavy (non-hydrogen) atoms. The maximum atomic E-state index is 11.9. The van der Waals surface area contributed by atoms with Gasteiger partial charge < -0.3 is 5.32 Å². The van der Waals surface area contributed by atoms with Gasteiger partial charge in [-0.2, -0.15) is 5.10 Å². The fourth-order valence-electron chi connectivity index (χ4n) is 2.17. The van der Waals surface area contributed by atoms with Gasteiger partial charge in [-0.3, -0.25) is 4.79 Å². The third kappa shape index (κ3) is 6.01. The van der Waals surface area contributed by atoms with Crippen molar-refractivity contribution >= 4 is 57.6 Å². The number of aryl methyl sites for hydroxylation is 2. The van der Waals surface area contributed by atoms with Crippen molar-refractivity contribution in [3.05, 3.63) is 57.8 Å². The van der Waals surface area contributed by atoms with Crippen LogP contribution in [0.5, 0.6) is 0 Å². The summed E-state index contributed by atoms with van der Waals surface area (Å²) in [6.45, 7) is 3.78. The van der Waals surface area contributed by atoms with Gasteiger partial charge in [0.2, 0.25) is 0 Å². The number of benzene rings is 1. The molecular formula is C18H17ClN6OS2. The van der Waals surface area contributed by atoms with Crippen LogP contribution in [0.3, 0.4) is 0 Å². The molecule has 3 rings (SSSR count). The molecule has 0 saturated heterocycles. The Balaban J connectivity index is 1.52. The van der Waals surface area contributed by atoms with Crippen LogP contribution in [0.25, 0.3) is 0 Å². The highest BCUT2D eigenvalue weighted by Crippen LogP contribution is 2.27. The van der Waals surface area contributed by atoms with E-state index < -0.39 is 0 Å². The quantitative estimate of drug-likeness (QED) is 0.252. The molecule has 2 aromatic heterocycles. The Labute approximate surface area is 175 Å². The molecule has 144 valence electrons. The highest BCUT2D eigenvalue weighted by atomic mass is 35.5. The van der Waals surface area contributed by atoms with Gasteiger partial charge in [0, 0.05) is 17.1 Å². The first-order chi connectivity index (χ1) is 13.5. The fourth-order valence-corrected chi connectivity index (χ4v) is 3.97. The summed E-state index contributed by atoms with van der Waals surface area (Å²) in [5, 5.41) is 8.65. The van der Waals surface area contributed by atoms with E-state index in [2.05, 4.69) is 30.8 Å². The lowest BCUT2D eigenvalue weighted by atomic mass is 10.3. The van der Waals surface area contributed by atoms with Gasteiger partial charge in [-0.15, -0.1) is 0 Å². The minimum atomic E-state index is -0.257. The van der Waals surface area contributed by atoms with Gasteiger partial charge in [0.15, 0.2) is 15.4 Å². The van der Waals surface area contributed by atoms with Crippen molar-refractivity contribution in [3.63, 3.8) is 0 Å². The van der Waals surface area contributed by atoms with E-state index in [0.29, 0.717) is 20.3 Å². The van der Waals surface area contributed by atoms with Crippen LogP contribution in [0.1, 0.15) is 16.3 Å². The molecule has 0 unspecified atom stereocenters. The van der Waals surface area contributed by atoms with Crippen LogP contribution in [-0.4, -0.2) is 32.8 Å². The second kappa shape index (κ2) is 9.63. The van der Waals surface area contributed by atoms with E-state index in [1.807, 2.05) is 50.2 Å². The van der Waals surface area contributed by atoms with Crippen LogP contribution >= 0.6 is 34.7 Å². The first-order valence-corrected chi connectivity index (χ1v) is 10.4. The summed E-state index contributed by atoms with van der Waals surface area (Å²) >= 11 is 8.73. The highest BCUT2D eigenvalue weighted by Gasteiger charge is 2.09. The number of amides is 1. The van der Waals surface area contributed by atoms with E-state index in [1.54, 1.807) is 0 Å². The van der Waals surface area contributed by atoms with Crippen LogP contribution in [0.15, 0.2) is 46.7 Å². The van der Waals surface area contributed by atoms with Crippen LogP contribution in [0.4, 0.5) is 10.8 Å². The number of nitrogens with zero attached hydrogens (tertiary/aromatic N) is 4. The molecular weight excluding hydrogens is 416 g/mol. The molecule has 1 amide bonds. The first kappa shape index (κ1) is 20.2. The van der Waals surface area contributed by atoms with Gasteiger partial charge >= 0.3 is 0 Å². The van der Waals surface area contributed by atoms with Crippen molar-refractivity contribution in [2.45, 2.75) is 19.0 Å². The molecule has 2 N–H and O–H groups in total. The van der Waals surface area contributed by atoms with Gasteiger partial charge in [-0.25, -0.2) is 20.4 Å². The lowest BCUT2D eigenvalue weighted by Crippen LogP contribution is -2.19. The van der Waals surface area contributed by atoms with E-state index in [9.17, 15) is 4.79 Å². The van der Waals surface area contributed by atoms with Crippen molar-refractivity contribution in [1.29, 1.82) is 0 Å². The molecule has 7 nitrogen and oxygen atoms in total. The monoisotopic (exact) mass is 432 g/mol. The molecule has 0 aliphatic carbocycles. The highest BCUT2D eigenvalue weighted by molar-refractivity contribution is 7.99. The Morgan fingerprint density at radius 2 is 1.93 bits per heavy atom. The van der Waals surface area contributed by atoms with Crippen molar-refractivity contribution in [2.75, 3.05) is 11.1 Å². The van der Waals surface area contributed by atoms with Gasteiger partial charge in [0.25, 0.3) is 5.91 Å². The number of thioether (sulfide) groups is 1. The van der Waals surface area contributed by atoms with E-state index in [1.165, 1.54) is 29.3 Å². The number of nitrogens with one attached hydrogen (secondary N) is 2. The maximum Gasteiger partial charge on any atom is 0.250 e. The van der Waals surface area contributed by atoms with E-state index in [-0.39, 0.29) is 11.7 Å². The Morgan fingerprint density at radius 1 is 1.21 bits per heavy atom. The number of hydrogen-bond donors (Lipinski definition) is 2. The second-order valence-corrected chi connectivity index (χ2v) is 8.01. The average molecular weight is 433 g/mol. The van der Waals surface area contributed by atoms with Crippen LogP contribution in [-0.2, 0) is 4.79 Å². The third-order valence-electron chi connectivity index (χ3n) is 3.30. The number of para-hydroxylation sites is 1. The predicted octanol–water partition coefficient (Wildman–Crippen LogP) is 4.19. The number of aromatic nitrogens is 3. The van der Waals surface area contributed by atoms with Crippen molar-refractivity contribution < 1.29 is 4.79 Å². The summed E-state index contributed by atoms with van der Waals surface area (Å²) in [7, 11) is 0. The number of hydrogen-bond acceptors (Lipinski definition) is 8. The first-order valence-electron chi connectivity index (χ1n) is 8.25. The largest absolute Gasteiger partial charge is 0.331 e. The Kier molecular flexibility index (Phi) is 6.96. The van der Waals surface area contributed by atoms with Crippen molar-refractivity contribution in [3.8, 4) is 0 Å². The van der Waals surface area contributed by atoms with Crippen molar-refractivity contribution in [1.82, 2.24) is 20.4 Å². The zero-order valence-electron chi connectivity index (χ0n) is 15.1. The number of anilines is 2. The zero-order valence-corrected chi connectivity index (χ0v) is 17.5. The molecule has 10 heteroatoms. The summed E-state index contributed by atoms with van der Waals surface area (Å²) in [4.78, 5) is 25.4. The summed E-state index contributed by atoms with van der Waals surface area (Å²) in [5.74, 6) is -0.0930. The standard InChI is InChI=1S/C18H17ClN6OS2/c1-11-8-12(2)22-17(21-11)27-10-15(26)25-20-9-14-16(19)24-18(28-14)23-13-6-4-3-5-7-13/h3-9H,10H2,1-2H3,(H,23,24)(H,25,26)/b20-9+. The molecule has 0 radical (unpaired) electrons. The Bertz CT molecular complexity index is 973. The van der Waals surface area contributed by atoms with E-state index >= 15 is 0 Å². The number of carbonyl (C=O) groups is 1. The number of thiazole rings is 1. The van der Waals surface area contributed by atoms with E-state index in [0.717, 1.165) is 17.1 Å². The fraction of sp³-hybridized carbons (Fsp3) is 0.167. The number of hydrazone groups is 1. The topological polar surface area (TPSA) is 92.2 Å². The molecule has 0 atom stereocenters. The van der Waals surface area contributed by atoms with Crippen LogP contribution < -0.4 is 10.7 Å². The lowest BCUT2D eigenvalue weighted by Gasteiger charge is -2.02. The third-order valence-corrected chi connectivity index (χ3v) is 5.45. The average Bonchev–Trinajstić information content (AvgIpc) is 2.99. The maximum absolute atomic E-state index is 11.9. The smallest absolute Gasteiger partial charge is 0.250 e. The van der Waals surface area contributed by atoms with Gasteiger partial charge in [0.1, 0.15) is 0 Å². The summed E-state index contributed by atoms with van der Waals surface area (Å²) in [6, 6.07) is 11.5. The lowest BCUT2D eigenvalue weighted by molar-refractivity contribution is -0.118. The molecule has 0 fully saturated rings. The second-order valence-electron chi connectivity index (χ2n) is 5.68. The van der Waals surface area contributed by atoms with Gasteiger partial charge in [-0.1, -0.05) is 52.9 Å². The summed E-state index contributed by atoms with van der Waals surface area (Å²) < 4.78 is 0. The molecule has 3 aromatic rings. The summed E-state index contributed by atoms with van der Waals surface area (Å²) in [6.07, 6.45) is 1.48. The van der Waals surface area contributed by atoms with Gasteiger partial charge in [-0.05, 0) is 32.0 Å². The van der Waals surface area contributed by atoms with Crippen LogP contribution in [0, 0.1) is 13.8 Å². The molecule has 1 aromatic carbocycles. The molecule has 0 spiro atoms. The Morgan fingerprint density at radius 3 is 2.64 bits per heavy atom. The minimum Gasteiger partial charge on any atom is -0.331 e. The Hall–Kier alpha value is -2.49. The SMILES string of the molecule is Cc1cc(C)nc(SCC(=O)N/N=C/c2sc(Nc3ccccc3)nc2Cl)n1. The minimum absolute atomic E-state index is 0.164. The normalized spacial score (nSPS) is 11.0. The number of carbonyl (C=O) groups excluding carboxylic acids is 1. The molecule has 0 bridgehead atoms. The van der Waals surface area contributed by atoms with Crippen LogP contribution in [0.2, 0.25) is 5.15 Å².